The summed E-state index contributed by atoms with van der Waals surface area (Å²) in [4.78, 5) is 20.9. The Labute approximate surface area is 159 Å². The highest BCUT2D eigenvalue weighted by molar-refractivity contribution is 5.92. The summed E-state index contributed by atoms with van der Waals surface area (Å²) in [5.41, 5.74) is 2.13. The summed E-state index contributed by atoms with van der Waals surface area (Å²) in [6.07, 6.45) is 6.28. The molecule has 1 saturated carbocycles. The number of piperazine rings is 1. The van der Waals surface area contributed by atoms with Crippen LogP contribution >= 0.6 is 0 Å². The molecule has 1 amide bonds. The number of hydrogen-bond acceptors (Lipinski definition) is 4. The van der Waals surface area contributed by atoms with Gasteiger partial charge in [0, 0.05) is 32.2 Å². The van der Waals surface area contributed by atoms with Crippen molar-refractivity contribution in [3.05, 3.63) is 54.1 Å². The molecule has 0 unspecified atom stereocenters. The Hall–Kier alpha value is -2.63. The number of amides is 1. The summed E-state index contributed by atoms with van der Waals surface area (Å²) in [7, 11) is 0. The first-order valence-corrected chi connectivity index (χ1v) is 9.72. The van der Waals surface area contributed by atoms with Crippen LogP contribution < -0.4 is 15.1 Å². The van der Waals surface area contributed by atoms with E-state index in [9.17, 15) is 9.18 Å². The fraction of sp³-hybridized carbons (Fsp3) is 0.429. The Kier molecular flexibility index (Phi) is 5.23. The van der Waals surface area contributed by atoms with Gasteiger partial charge >= 0.3 is 0 Å². The molecule has 2 aromatic rings. The van der Waals surface area contributed by atoms with Crippen molar-refractivity contribution in [3.63, 3.8) is 0 Å². The van der Waals surface area contributed by atoms with Gasteiger partial charge in [-0.2, -0.15) is 0 Å². The highest BCUT2D eigenvalue weighted by Gasteiger charge is 2.21. The summed E-state index contributed by atoms with van der Waals surface area (Å²) in [5.74, 6) is -0.261. The van der Waals surface area contributed by atoms with Gasteiger partial charge in [-0.1, -0.05) is 25.0 Å². The van der Waals surface area contributed by atoms with Crippen molar-refractivity contribution in [2.45, 2.75) is 31.7 Å². The third-order valence-electron chi connectivity index (χ3n) is 5.51. The zero-order valence-corrected chi connectivity index (χ0v) is 15.4. The highest BCUT2D eigenvalue weighted by Crippen LogP contribution is 2.23. The second-order valence-electron chi connectivity index (χ2n) is 7.28. The average molecular weight is 368 g/mol. The van der Waals surface area contributed by atoms with E-state index >= 15 is 0 Å². The van der Waals surface area contributed by atoms with Gasteiger partial charge in [-0.15, -0.1) is 0 Å². The number of pyridine rings is 1. The predicted molar refractivity (Wildman–Crippen MR) is 105 cm³/mol. The fourth-order valence-corrected chi connectivity index (χ4v) is 3.95. The number of benzene rings is 1. The second kappa shape index (κ2) is 7.94. The predicted octanol–water partition coefficient (Wildman–Crippen LogP) is 3.22. The lowest BCUT2D eigenvalue weighted by Crippen LogP contribution is -2.46. The SMILES string of the molecule is O=C(NC1CCCC1)c1ccc(N2CCN(c3ccccc3F)CC2)cn1. The van der Waals surface area contributed by atoms with Crippen LogP contribution in [-0.4, -0.2) is 43.1 Å². The van der Waals surface area contributed by atoms with Gasteiger partial charge in [-0.05, 0) is 37.1 Å². The molecule has 6 heteroatoms. The van der Waals surface area contributed by atoms with Crippen LogP contribution in [0.15, 0.2) is 42.6 Å². The van der Waals surface area contributed by atoms with Gasteiger partial charge in [-0.25, -0.2) is 9.37 Å². The van der Waals surface area contributed by atoms with Crippen molar-refractivity contribution < 1.29 is 9.18 Å². The third-order valence-corrected chi connectivity index (χ3v) is 5.51. The van der Waals surface area contributed by atoms with E-state index in [-0.39, 0.29) is 11.7 Å². The molecular weight excluding hydrogens is 343 g/mol. The van der Waals surface area contributed by atoms with E-state index in [1.165, 1.54) is 18.9 Å². The van der Waals surface area contributed by atoms with Crippen LogP contribution in [0.4, 0.5) is 15.8 Å². The molecule has 142 valence electrons. The van der Waals surface area contributed by atoms with Gasteiger partial charge in [0.05, 0.1) is 17.6 Å². The summed E-state index contributed by atoms with van der Waals surface area (Å²) in [5, 5.41) is 3.07. The van der Waals surface area contributed by atoms with Crippen LogP contribution in [0.3, 0.4) is 0 Å². The number of aromatic nitrogens is 1. The molecule has 1 aliphatic heterocycles. The van der Waals surface area contributed by atoms with E-state index in [1.54, 1.807) is 18.3 Å². The van der Waals surface area contributed by atoms with Gasteiger partial charge in [0.2, 0.25) is 0 Å². The standard InChI is InChI=1S/C21H25FN4O/c22-18-7-3-4-8-20(18)26-13-11-25(12-14-26)17-9-10-19(23-15-17)21(27)24-16-5-1-2-6-16/h3-4,7-10,15-16H,1-2,5-6,11-14H2,(H,24,27). The number of carbonyl (C=O) groups excluding carboxylic acids is 1. The van der Waals surface area contributed by atoms with Crippen molar-refractivity contribution in [2.75, 3.05) is 36.0 Å². The average Bonchev–Trinajstić information content (AvgIpc) is 3.22. The quantitative estimate of drug-likeness (QED) is 0.900. The normalized spacial score (nSPS) is 18.0. The minimum absolute atomic E-state index is 0.0853. The first kappa shape index (κ1) is 17.8. The van der Waals surface area contributed by atoms with E-state index in [0.717, 1.165) is 44.7 Å². The lowest BCUT2D eigenvalue weighted by molar-refractivity contribution is 0.0933. The monoisotopic (exact) mass is 368 g/mol. The maximum absolute atomic E-state index is 14.0. The first-order chi connectivity index (χ1) is 13.2. The minimum atomic E-state index is -0.176. The number of rotatable bonds is 4. The van der Waals surface area contributed by atoms with Crippen LogP contribution in [-0.2, 0) is 0 Å². The van der Waals surface area contributed by atoms with Crippen LogP contribution in [0.25, 0.3) is 0 Å². The van der Waals surface area contributed by atoms with Gasteiger partial charge < -0.3 is 15.1 Å². The van der Waals surface area contributed by atoms with Gasteiger partial charge in [0.1, 0.15) is 11.5 Å². The van der Waals surface area contributed by atoms with E-state index in [0.29, 0.717) is 17.4 Å². The molecule has 0 radical (unpaired) electrons. The van der Waals surface area contributed by atoms with Crippen molar-refractivity contribution in [2.24, 2.45) is 0 Å². The van der Waals surface area contributed by atoms with E-state index < -0.39 is 0 Å². The number of hydrogen-bond donors (Lipinski definition) is 1. The van der Waals surface area contributed by atoms with Crippen molar-refractivity contribution in [3.8, 4) is 0 Å². The largest absolute Gasteiger partial charge is 0.367 e. The maximum Gasteiger partial charge on any atom is 0.270 e. The molecule has 2 heterocycles. The summed E-state index contributed by atoms with van der Waals surface area (Å²) >= 11 is 0. The number of nitrogens with zero attached hydrogens (tertiary/aromatic N) is 3. The van der Waals surface area contributed by atoms with E-state index in [1.807, 2.05) is 18.2 Å². The molecule has 0 atom stereocenters. The molecule has 1 N–H and O–H groups in total. The highest BCUT2D eigenvalue weighted by atomic mass is 19.1. The first-order valence-electron chi connectivity index (χ1n) is 9.72. The minimum Gasteiger partial charge on any atom is -0.367 e. The molecule has 4 rings (SSSR count). The molecule has 0 bridgehead atoms. The Morgan fingerprint density at radius 3 is 2.37 bits per heavy atom. The van der Waals surface area contributed by atoms with Gasteiger partial charge in [0.15, 0.2) is 0 Å². The molecule has 2 aliphatic rings. The summed E-state index contributed by atoms with van der Waals surface area (Å²) in [6.45, 7) is 3.10. The third kappa shape index (κ3) is 4.04. The second-order valence-corrected chi connectivity index (χ2v) is 7.28. The molecule has 1 aliphatic carbocycles. The van der Waals surface area contributed by atoms with Crippen molar-refractivity contribution >= 4 is 17.3 Å². The summed E-state index contributed by atoms with van der Waals surface area (Å²) in [6, 6.07) is 10.9. The topological polar surface area (TPSA) is 48.5 Å². The zero-order valence-electron chi connectivity index (χ0n) is 15.4. The number of anilines is 2. The lowest BCUT2D eigenvalue weighted by atomic mass is 10.2. The van der Waals surface area contributed by atoms with Crippen LogP contribution in [0.2, 0.25) is 0 Å². The Balaban J connectivity index is 1.34. The molecule has 27 heavy (non-hydrogen) atoms. The van der Waals surface area contributed by atoms with Crippen molar-refractivity contribution in [1.29, 1.82) is 0 Å². The molecular formula is C21H25FN4O. The smallest absolute Gasteiger partial charge is 0.270 e. The molecule has 1 saturated heterocycles. The Morgan fingerprint density at radius 1 is 1.00 bits per heavy atom. The van der Waals surface area contributed by atoms with E-state index in [4.69, 9.17) is 0 Å². The van der Waals surface area contributed by atoms with Gasteiger partial charge in [0.25, 0.3) is 5.91 Å². The Morgan fingerprint density at radius 2 is 1.70 bits per heavy atom. The molecule has 5 nitrogen and oxygen atoms in total. The van der Waals surface area contributed by atoms with Crippen molar-refractivity contribution in [1.82, 2.24) is 10.3 Å². The van der Waals surface area contributed by atoms with Crippen LogP contribution in [0.1, 0.15) is 36.2 Å². The number of halogens is 1. The summed E-state index contributed by atoms with van der Waals surface area (Å²) < 4.78 is 14.0. The Bertz CT molecular complexity index is 781. The fourth-order valence-electron chi connectivity index (χ4n) is 3.95. The zero-order chi connectivity index (χ0) is 18.6. The number of nitrogens with one attached hydrogen (secondary N) is 1. The van der Waals surface area contributed by atoms with Crippen LogP contribution in [0, 0.1) is 5.82 Å². The lowest BCUT2D eigenvalue weighted by Gasteiger charge is -2.37. The molecule has 1 aromatic carbocycles. The number of carbonyl (C=O) groups is 1. The van der Waals surface area contributed by atoms with Gasteiger partial charge in [-0.3, -0.25) is 4.79 Å². The van der Waals surface area contributed by atoms with Crippen LogP contribution in [0.5, 0.6) is 0 Å². The van der Waals surface area contributed by atoms with E-state index in [2.05, 4.69) is 20.1 Å². The molecule has 1 aromatic heterocycles. The molecule has 2 fully saturated rings. The maximum atomic E-state index is 14.0. The molecule has 0 spiro atoms. The number of para-hydroxylation sites is 1.